The summed E-state index contributed by atoms with van der Waals surface area (Å²) >= 11 is 0. The average Bonchev–Trinajstić information content (AvgIpc) is 2.87. The van der Waals surface area contributed by atoms with Gasteiger partial charge < -0.3 is 10.1 Å². The number of aromatic amines is 1. The van der Waals surface area contributed by atoms with E-state index in [0.717, 1.165) is 22.3 Å². The summed E-state index contributed by atoms with van der Waals surface area (Å²) in [6.07, 6.45) is 3.32. The number of aromatic nitrogens is 3. The van der Waals surface area contributed by atoms with Crippen LogP contribution < -0.4 is 0 Å². The van der Waals surface area contributed by atoms with E-state index >= 15 is 0 Å². The summed E-state index contributed by atoms with van der Waals surface area (Å²) in [6, 6.07) is 7.69. The molecule has 0 bridgehead atoms. The Morgan fingerprint density at radius 1 is 1.18 bits per heavy atom. The Morgan fingerprint density at radius 2 is 2.00 bits per heavy atom. The van der Waals surface area contributed by atoms with Gasteiger partial charge in [0.2, 0.25) is 0 Å². The van der Waals surface area contributed by atoms with Gasteiger partial charge in [0, 0.05) is 5.39 Å². The number of phenolic OH excluding ortho intramolecular Hbond substituents is 1. The number of pyridine rings is 1. The summed E-state index contributed by atoms with van der Waals surface area (Å²) in [6.45, 7) is 1.86. The number of hydrogen-bond donors (Lipinski definition) is 2. The molecule has 0 saturated heterocycles. The predicted molar refractivity (Wildman–Crippen MR) is 65.7 cm³/mol. The monoisotopic (exact) mass is 225 g/mol. The molecule has 2 heterocycles. The van der Waals surface area contributed by atoms with Crippen molar-refractivity contribution in [3.05, 3.63) is 42.4 Å². The van der Waals surface area contributed by atoms with Crippen LogP contribution in [0.1, 0.15) is 5.56 Å². The molecule has 4 heteroatoms. The summed E-state index contributed by atoms with van der Waals surface area (Å²) in [5.41, 5.74) is 3.06. The zero-order valence-electron chi connectivity index (χ0n) is 9.31. The van der Waals surface area contributed by atoms with Crippen LogP contribution >= 0.6 is 0 Å². The van der Waals surface area contributed by atoms with Gasteiger partial charge in [-0.3, -0.25) is 0 Å². The van der Waals surface area contributed by atoms with Crippen molar-refractivity contribution in [3.8, 4) is 17.1 Å². The molecule has 0 aliphatic rings. The fourth-order valence-electron chi connectivity index (χ4n) is 1.82. The molecular weight excluding hydrogens is 214 g/mol. The number of aromatic hydroxyl groups is 1. The molecule has 0 saturated carbocycles. The third-order valence-corrected chi connectivity index (χ3v) is 2.81. The molecule has 0 fully saturated rings. The van der Waals surface area contributed by atoms with Gasteiger partial charge in [-0.1, -0.05) is 18.2 Å². The van der Waals surface area contributed by atoms with Crippen molar-refractivity contribution >= 4 is 10.9 Å². The molecule has 0 amide bonds. The third kappa shape index (κ3) is 1.54. The molecule has 0 spiro atoms. The Kier molecular flexibility index (Phi) is 2.08. The Hall–Kier alpha value is -2.36. The number of hydrogen-bond acceptors (Lipinski definition) is 3. The van der Waals surface area contributed by atoms with E-state index in [1.54, 1.807) is 12.5 Å². The molecule has 2 N–H and O–H groups in total. The van der Waals surface area contributed by atoms with Gasteiger partial charge in [0.05, 0.1) is 23.9 Å². The van der Waals surface area contributed by atoms with Crippen molar-refractivity contribution in [3.63, 3.8) is 0 Å². The van der Waals surface area contributed by atoms with Crippen LogP contribution in [-0.2, 0) is 0 Å². The fourth-order valence-corrected chi connectivity index (χ4v) is 1.82. The maximum atomic E-state index is 9.99. The number of fused-ring (bicyclic) bond motifs is 1. The van der Waals surface area contributed by atoms with E-state index < -0.39 is 0 Å². The number of aryl methyl sites for hydroxylation is 1. The van der Waals surface area contributed by atoms with Gasteiger partial charge in [0.25, 0.3) is 0 Å². The van der Waals surface area contributed by atoms with Gasteiger partial charge in [0.1, 0.15) is 11.3 Å². The number of nitrogens with zero attached hydrogens (tertiary/aromatic N) is 2. The average molecular weight is 225 g/mol. The maximum absolute atomic E-state index is 9.99. The standard InChI is InChI=1S/C13H11N3O/c1-8-2-3-9-4-5-10(11-6-14-7-15-11)16-12(9)13(8)17/h2-7,17H,1H3,(H,14,15). The van der Waals surface area contributed by atoms with Gasteiger partial charge in [-0.25, -0.2) is 9.97 Å². The molecule has 2 aromatic heterocycles. The highest BCUT2D eigenvalue weighted by Crippen LogP contribution is 2.28. The van der Waals surface area contributed by atoms with Crippen LogP contribution in [0, 0.1) is 6.92 Å². The molecule has 17 heavy (non-hydrogen) atoms. The number of rotatable bonds is 1. The molecule has 0 aliphatic heterocycles. The first-order chi connectivity index (χ1) is 8.25. The molecule has 0 aliphatic carbocycles. The minimum Gasteiger partial charge on any atom is -0.505 e. The molecule has 3 aromatic rings. The first-order valence-electron chi connectivity index (χ1n) is 5.34. The highest BCUT2D eigenvalue weighted by Gasteiger charge is 2.07. The fraction of sp³-hybridized carbons (Fsp3) is 0.0769. The molecule has 0 radical (unpaired) electrons. The zero-order chi connectivity index (χ0) is 11.8. The van der Waals surface area contributed by atoms with Gasteiger partial charge in [-0.05, 0) is 18.6 Å². The van der Waals surface area contributed by atoms with E-state index in [-0.39, 0.29) is 5.75 Å². The van der Waals surface area contributed by atoms with Crippen LogP contribution in [0.25, 0.3) is 22.3 Å². The highest BCUT2D eigenvalue weighted by molar-refractivity contribution is 5.87. The van der Waals surface area contributed by atoms with Gasteiger partial charge >= 0.3 is 0 Å². The predicted octanol–water partition coefficient (Wildman–Crippen LogP) is 2.64. The number of H-pyrrole nitrogens is 1. The first kappa shape index (κ1) is 9.84. The lowest BCUT2D eigenvalue weighted by atomic mass is 10.1. The first-order valence-corrected chi connectivity index (χ1v) is 5.34. The Bertz CT molecular complexity index is 674. The zero-order valence-corrected chi connectivity index (χ0v) is 9.31. The van der Waals surface area contributed by atoms with Crippen molar-refractivity contribution in [2.75, 3.05) is 0 Å². The summed E-state index contributed by atoms with van der Waals surface area (Å²) in [5.74, 6) is 0.240. The van der Waals surface area contributed by atoms with Gasteiger partial charge in [-0.15, -0.1) is 0 Å². The highest BCUT2D eigenvalue weighted by atomic mass is 16.3. The molecule has 3 rings (SSSR count). The lowest BCUT2D eigenvalue weighted by Crippen LogP contribution is -1.87. The van der Waals surface area contributed by atoms with Crippen LogP contribution in [-0.4, -0.2) is 20.1 Å². The summed E-state index contributed by atoms with van der Waals surface area (Å²) in [5, 5.41) is 10.9. The SMILES string of the molecule is Cc1ccc2ccc(-c3cnc[nH]3)nc2c1O. The van der Waals surface area contributed by atoms with E-state index in [4.69, 9.17) is 0 Å². The van der Waals surface area contributed by atoms with Crippen molar-refractivity contribution in [1.82, 2.24) is 15.0 Å². The summed E-state index contributed by atoms with van der Waals surface area (Å²) < 4.78 is 0. The lowest BCUT2D eigenvalue weighted by Gasteiger charge is -2.05. The van der Waals surface area contributed by atoms with Crippen molar-refractivity contribution in [1.29, 1.82) is 0 Å². The third-order valence-electron chi connectivity index (χ3n) is 2.81. The van der Waals surface area contributed by atoms with Crippen LogP contribution in [0.3, 0.4) is 0 Å². The van der Waals surface area contributed by atoms with Gasteiger partial charge in [0.15, 0.2) is 0 Å². The maximum Gasteiger partial charge on any atom is 0.144 e. The van der Waals surface area contributed by atoms with Crippen LogP contribution in [0.4, 0.5) is 0 Å². The topological polar surface area (TPSA) is 61.8 Å². The molecule has 0 unspecified atom stereocenters. The van der Waals surface area contributed by atoms with Crippen molar-refractivity contribution in [2.45, 2.75) is 6.92 Å². The quantitative estimate of drug-likeness (QED) is 0.669. The number of benzene rings is 1. The number of phenols is 1. The van der Waals surface area contributed by atoms with E-state index in [1.807, 2.05) is 31.2 Å². The molecule has 0 atom stereocenters. The van der Waals surface area contributed by atoms with Crippen LogP contribution in [0.5, 0.6) is 5.75 Å². The number of imidazole rings is 1. The van der Waals surface area contributed by atoms with E-state index in [1.165, 1.54) is 0 Å². The number of nitrogens with one attached hydrogen (secondary N) is 1. The second-order valence-corrected chi connectivity index (χ2v) is 3.96. The normalized spacial score (nSPS) is 10.9. The summed E-state index contributed by atoms with van der Waals surface area (Å²) in [7, 11) is 0. The lowest BCUT2D eigenvalue weighted by molar-refractivity contribution is 0.476. The molecular formula is C13H11N3O. The van der Waals surface area contributed by atoms with Crippen LogP contribution in [0.2, 0.25) is 0 Å². The van der Waals surface area contributed by atoms with E-state index in [2.05, 4.69) is 15.0 Å². The smallest absolute Gasteiger partial charge is 0.144 e. The minimum absolute atomic E-state index is 0.240. The van der Waals surface area contributed by atoms with Crippen LogP contribution in [0.15, 0.2) is 36.8 Å². The largest absolute Gasteiger partial charge is 0.505 e. The molecule has 4 nitrogen and oxygen atoms in total. The summed E-state index contributed by atoms with van der Waals surface area (Å²) in [4.78, 5) is 11.4. The molecule has 84 valence electrons. The second kappa shape index (κ2) is 3.59. The van der Waals surface area contributed by atoms with E-state index in [9.17, 15) is 5.11 Å². The Morgan fingerprint density at radius 3 is 2.76 bits per heavy atom. The van der Waals surface area contributed by atoms with Crippen molar-refractivity contribution < 1.29 is 5.11 Å². The van der Waals surface area contributed by atoms with Crippen molar-refractivity contribution in [2.24, 2.45) is 0 Å². The van der Waals surface area contributed by atoms with E-state index in [0.29, 0.717) is 5.52 Å². The minimum atomic E-state index is 0.240. The van der Waals surface area contributed by atoms with Gasteiger partial charge in [-0.2, -0.15) is 0 Å². The Balaban J connectivity index is 2.28. The molecule has 1 aromatic carbocycles. The Labute approximate surface area is 98.0 Å². The second-order valence-electron chi connectivity index (χ2n) is 3.96.